The van der Waals surface area contributed by atoms with Gasteiger partial charge in [-0.2, -0.15) is 0 Å². The summed E-state index contributed by atoms with van der Waals surface area (Å²) in [5.74, 6) is 0.691. The van der Waals surface area contributed by atoms with Crippen LogP contribution in [0.15, 0.2) is 22.6 Å². The van der Waals surface area contributed by atoms with Crippen molar-refractivity contribution in [2.45, 2.75) is 25.4 Å². The lowest BCUT2D eigenvalue weighted by Crippen LogP contribution is -2.31. The van der Waals surface area contributed by atoms with Crippen molar-refractivity contribution in [3.05, 3.63) is 24.1 Å². The Kier molecular flexibility index (Phi) is 2.93. The van der Waals surface area contributed by atoms with Gasteiger partial charge in [0.05, 0.1) is 13.2 Å². The Morgan fingerprint density at radius 2 is 2.39 bits per heavy atom. The molecule has 5 heteroatoms. The van der Waals surface area contributed by atoms with Gasteiger partial charge in [-0.25, -0.2) is 4.98 Å². The van der Waals surface area contributed by atoms with E-state index in [0.717, 1.165) is 30.5 Å². The molecule has 3 N–H and O–H groups in total. The van der Waals surface area contributed by atoms with E-state index >= 15 is 0 Å². The van der Waals surface area contributed by atoms with Crippen LogP contribution in [0.4, 0.5) is 5.69 Å². The summed E-state index contributed by atoms with van der Waals surface area (Å²) >= 11 is 0. The maximum atomic E-state index is 9.28. The second-order valence-corrected chi connectivity index (χ2v) is 4.78. The van der Waals surface area contributed by atoms with Gasteiger partial charge in [0.25, 0.3) is 0 Å². The Labute approximate surface area is 105 Å². The maximum absolute atomic E-state index is 9.28. The van der Waals surface area contributed by atoms with E-state index in [1.54, 1.807) is 6.07 Å². The SMILES string of the molecule is Nc1ccc2nc(CN3CCCC3CO)oc2c1. The Morgan fingerprint density at radius 3 is 3.22 bits per heavy atom. The number of hydrogen-bond acceptors (Lipinski definition) is 5. The van der Waals surface area contributed by atoms with Crippen LogP contribution in [0.3, 0.4) is 0 Å². The Morgan fingerprint density at radius 1 is 1.50 bits per heavy atom. The van der Waals surface area contributed by atoms with Crippen LogP contribution in [0.25, 0.3) is 11.1 Å². The van der Waals surface area contributed by atoms with Gasteiger partial charge in [-0.3, -0.25) is 4.90 Å². The Balaban J connectivity index is 1.82. The summed E-state index contributed by atoms with van der Waals surface area (Å²) < 4.78 is 5.69. The summed E-state index contributed by atoms with van der Waals surface area (Å²) in [6.45, 7) is 1.85. The molecule has 0 bridgehead atoms. The summed E-state index contributed by atoms with van der Waals surface area (Å²) in [6, 6.07) is 5.72. The minimum atomic E-state index is 0.202. The number of benzene rings is 1. The molecule has 1 aliphatic heterocycles. The predicted molar refractivity (Wildman–Crippen MR) is 68.9 cm³/mol. The second kappa shape index (κ2) is 4.59. The third-order valence-electron chi connectivity index (χ3n) is 3.50. The number of likely N-dealkylation sites (tertiary alicyclic amines) is 1. The van der Waals surface area contributed by atoms with Crippen LogP contribution >= 0.6 is 0 Å². The van der Waals surface area contributed by atoms with E-state index in [4.69, 9.17) is 10.2 Å². The normalized spacial score (nSPS) is 20.8. The molecule has 1 atom stereocenters. The summed E-state index contributed by atoms with van der Waals surface area (Å²) in [5, 5.41) is 9.28. The van der Waals surface area contributed by atoms with Crippen LogP contribution in [-0.2, 0) is 6.54 Å². The third kappa shape index (κ3) is 2.07. The van der Waals surface area contributed by atoms with E-state index < -0.39 is 0 Å². The van der Waals surface area contributed by atoms with Crippen molar-refractivity contribution in [3.63, 3.8) is 0 Å². The van der Waals surface area contributed by atoms with Crippen molar-refractivity contribution in [1.29, 1.82) is 0 Å². The monoisotopic (exact) mass is 247 g/mol. The van der Waals surface area contributed by atoms with Gasteiger partial charge in [0.15, 0.2) is 5.58 Å². The Hall–Kier alpha value is -1.59. The molecular formula is C13H17N3O2. The highest BCUT2D eigenvalue weighted by atomic mass is 16.3. The van der Waals surface area contributed by atoms with Crippen LogP contribution < -0.4 is 5.73 Å². The van der Waals surface area contributed by atoms with Crippen LogP contribution in [0, 0.1) is 0 Å². The lowest BCUT2D eigenvalue weighted by Gasteiger charge is -2.20. The molecule has 0 aliphatic carbocycles. The fourth-order valence-corrected chi connectivity index (χ4v) is 2.54. The minimum Gasteiger partial charge on any atom is -0.439 e. The van der Waals surface area contributed by atoms with Gasteiger partial charge in [0, 0.05) is 17.8 Å². The molecule has 96 valence electrons. The van der Waals surface area contributed by atoms with Crippen molar-refractivity contribution in [2.24, 2.45) is 0 Å². The molecule has 1 aliphatic rings. The molecule has 5 nitrogen and oxygen atoms in total. The molecule has 1 saturated heterocycles. The molecule has 1 aromatic heterocycles. The van der Waals surface area contributed by atoms with Crippen molar-refractivity contribution >= 4 is 16.8 Å². The highest BCUT2D eigenvalue weighted by Crippen LogP contribution is 2.23. The predicted octanol–water partition coefficient (Wildman–Crippen LogP) is 1.37. The number of hydrogen-bond donors (Lipinski definition) is 2. The lowest BCUT2D eigenvalue weighted by atomic mass is 10.2. The number of rotatable bonds is 3. The van der Waals surface area contributed by atoms with Gasteiger partial charge in [-0.05, 0) is 31.5 Å². The van der Waals surface area contributed by atoms with Gasteiger partial charge in [-0.15, -0.1) is 0 Å². The molecule has 0 amide bonds. The van der Waals surface area contributed by atoms with Gasteiger partial charge < -0.3 is 15.3 Å². The zero-order chi connectivity index (χ0) is 12.5. The molecule has 2 heterocycles. The van der Waals surface area contributed by atoms with E-state index in [-0.39, 0.29) is 12.6 Å². The molecule has 18 heavy (non-hydrogen) atoms. The average molecular weight is 247 g/mol. The molecule has 2 aromatic rings. The van der Waals surface area contributed by atoms with Gasteiger partial charge in [-0.1, -0.05) is 0 Å². The largest absolute Gasteiger partial charge is 0.439 e. The number of aromatic nitrogens is 1. The number of aliphatic hydroxyl groups is 1. The topological polar surface area (TPSA) is 75.5 Å². The molecule has 1 fully saturated rings. The van der Waals surface area contributed by atoms with E-state index in [1.807, 2.05) is 12.1 Å². The summed E-state index contributed by atoms with van der Waals surface area (Å²) in [4.78, 5) is 6.66. The molecule has 0 spiro atoms. The Bertz CT molecular complexity index is 552. The van der Waals surface area contributed by atoms with Gasteiger partial charge in [0.2, 0.25) is 5.89 Å². The maximum Gasteiger partial charge on any atom is 0.209 e. The van der Waals surface area contributed by atoms with Crippen molar-refractivity contribution in [3.8, 4) is 0 Å². The fraction of sp³-hybridized carbons (Fsp3) is 0.462. The molecule has 0 saturated carbocycles. The number of nitrogens with zero attached hydrogens (tertiary/aromatic N) is 2. The molecule has 1 aromatic carbocycles. The van der Waals surface area contributed by atoms with Crippen molar-refractivity contribution < 1.29 is 9.52 Å². The molecular weight excluding hydrogens is 230 g/mol. The average Bonchev–Trinajstić information content (AvgIpc) is 2.94. The molecule has 3 rings (SSSR count). The number of nitrogen functional groups attached to an aromatic ring is 1. The van der Waals surface area contributed by atoms with Crippen molar-refractivity contribution in [1.82, 2.24) is 9.88 Å². The van der Waals surface area contributed by atoms with Gasteiger partial charge >= 0.3 is 0 Å². The molecule has 1 unspecified atom stereocenters. The molecule has 0 radical (unpaired) electrons. The fourth-order valence-electron chi connectivity index (χ4n) is 2.54. The number of nitrogens with two attached hydrogens (primary N) is 1. The van der Waals surface area contributed by atoms with E-state index in [1.165, 1.54) is 0 Å². The quantitative estimate of drug-likeness (QED) is 0.801. The van der Waals surface area contributed by atoms with E-state index in [9.17, 15) is 5.11 Å². The zero-order valence-corrected chi connectivity index (χ0v) is 10.2. The van der Waals surface area contributed by atoms with Crippen LogP contribution in [0.5, 0.6) is 0 Å². The first kappa shape index (κ1) is 11.5. The first-order valence-corrected chi connectivity index (χ1v) is 6.26. The summed E-state index contributed by atoms with van der Waals surface area (Å²) in [6.07, 6.45) is 2.17. The lowest BCUT2D eigenvalue weighted by molar-refractivity contribution is 0.145. The van der Waals surface area contributed by atoms with E-state index in [0.29, 0.717) is 18.1 Å². The number of aliphatic hydroxyl groups excluding tert-OH is 1. The first-order valence-electron chi connectivity index (χ1n) is 6.26. The second-order valence-electron chi connectivity index (χ2n) is 4.78. The smallest absolute Gasteiger partial charge is 0.209 e. The van der Waals surface area contributed by atoms with Crippen LogP contribution in [0.2, 0.25) is 0 Å². The highest BCUT2D eigenvalue weighted by Gasteiger charge is 2.25. The number of oxazole rings is 1. The first-order chi connectivity index (χ1) is 8.76. The van der Waals surface area contributed by atoms with E-state index in [2.05, 4.69) is 9.88 Å². The zero-order valence-electron chi connectivity index (χ0n) is 10.2. The third-order valence-corrected chi connectivity index (χ3v) is 3.50. The minimum absolute atomic E-state index is 0.202. The summed E-state index contributed by atoms with van der Waals surface area (Å²) in [7, 11) is 0. The number of fused-ring (bicyclic) bond motifs is 1. The van der Waals surface area contributed by atoms with Crippen molar-refractivity contribution in [2.75, 3.05) is 18.9 Å². The number of anilines is 1. The van der Waals surface area contributed by atoms with Crippen LogP contribution in [-0.4, -0.2) is 34.2 Å². The standard InChI is InChI=1S/C13H17N3O2/c14-9-3-4-11-12(6-9)18-13(15-11)7-16-5-1-2-10(16)8-17/h3-4,6,10,17H,1-2,5,7-8,14H2. The van der Waals surface area contributed by atoms with Crippen LogP contribution in [0.1, 0.15) is 18.7 Å². The summed E-state index contributed by atoms with van der Waals surface area (Å²) in [5.41, 5.74) is 7.95. The highest BCUT2D eigenvalue weighted by molar-refractivity contribution is 5.76. The van der Waals surface area contributed by atoms with Gasteiger partial charge in [0.1, 0.15) is 5.52 Å².